The van der Waals surface area contributed by atoms with E-state index < -0.39 is 0 Å². The zero-order valence-electron chi connectivity index (χ0n) is 18.0. The third kappa shape index (κ3) is 6.36. The average Bonchev–Trinajstić information content (AvgIpc) is 3.22. The van der Waals surface area contributed by atoms with Crippen molar-refractivity contribution < 1.29 is 4.79 Å². The van der Waals surface area contributed by atoms with Gasteiger partial charge in [-0.25, -0.2) is 4.98 Å². The Morgan fingerprint density at radius 1 is 1.06 bits per heavy atom. The maximum atomic E-state index is 13.2. The highest BCUT2D eigenvalue weighted by Gasteiger charge is 2.21. The standard InChI is InChI=1S/C23H27Cl2N3OS2/c1-4-27(5-2)13-14-28(20(29)12-15-30-18-9-7-17(24)8-10-18)23-26-21-16(3)6-11-19(25)22(21)31-23/h6-11H,4-5,12-15H2,1-3H3. The van der Waals surface area contributed by atoms with Gasteiger partial charge in [0.05, 0.1) is 15.2 Å². The molecule has 0 saturated carbocycles. The number of anilines is 1. The van der Waals surface area contributed by atoms with Crippen LogP contribution in [0, 0.1) is 6.92 Å². The number of thioether (sulfide) groups is 1. The maximum Gasteiger partial charge on any atom is 0.229 e. The molecule has 31 heavy (non-hydrogen) atoms. The molecule has 0 aliphatic rings. The molecule has 3 rings (SSSR count). The third-order valence-corrected chi connectivity index (χ3v) is 7.95. The van der Waals surface area contributed by atoms with Gasteiger partial charge in [-0.3, -0.25) is 9.69 Å². The van der Waals surface area contributed by atoms with Crippen LogP contribution in [0.2, 0.25) is 10.0 Å². The summed E-state index contributed by atoms with van der Waals surface area (Å²) in [7, 11) is 0. The van der Waals surface area contributed by atoms with E-state index in [0.29, 0.717) is 28.8 Å². The molecule has 8 heteroatoms. The summed E-state index contributed by atoms with van der Waals surface area (Å²) in [5.41, 5.74) is 1.94. The summed E-state index contributed by atoms with van der Waals surface area (Å²) in [5.74, 6) is 0.786. The van der Waals surface area contributed by atoms with Gasteiger partial charge in [-0.05, 0) is 55.9 Å². The molecule has 1 aromatic heterocycles. The van der Waals surface area contributed by atoms with E-state index in [4.69, 9.17) is 28.2 Å². The van der Waals surface area contributed by atoms with Crippen molar-refractivity contribution in [2.75, 3.05) is 36.8 Å². The van der Waals surface area contributed by atoms with Gasteiger partial charge in [-0.15, -0.1) is 11.8 Å². The topological polar surface area (TPSA) is 36.4 Å². The van der Waals surface area contributed by atoms with Crippen molar-refractivity contribution >= 4 is 67.6 Å². The Morgan fingerprint density at radius 2 is 1.77 bits per heavy atom. The second-order valence-electron chi connectivity index (χ2n) is 7.16. The van der Waals surface area contributed by atoms with E-state index in [1.165, 1.54) is 11.3 Å². The predicted molar refractivity (Wildman–Crippen MR) is 136 cm³/mol. The lowest BCUT2D eigenvalue weighted by molar-refractivity contribution is -0.118. The number of carbonyl (C=O) groups is 1. The number of fused-ring (bicyclic) bond motifs is 1. The fourth-order valence-corrected chi connectivity index (χ4v) is 5.56. The Bertz CT molecular complexity index is 981. The summed E-state index contributed by atoms with van der Waals surface area (Å²) in [6.45, 7) is 9.63. The lowest BCUT2D eigenvalue weighted by atomic mass is 10.2. The summed E-state index contributed by atoms with van der Waals surface area (Å²) in [6.07, 6.45) is 0.439. The molecule has 2 aromatic carbocycles. The largest absolute Gasteiger partial charge is 0.302 e. The molecule has 0 N–H and O–H groups in total. The molecular weight excluding hydrogens is 469 g/mol. The molecule has 1 amide bonds. The van der Waals surface area contributed by atoms with Crippen LogP contribution >= 0.6 is 46.3 Å². The number of carbonyl (C=O) groups excluding carboxylic acids is 1. The molecule has 0 aliphatic carbocycles. The number of aryl methyl sites for hydroxylation is 1. The van der Waals surface area contributed by atoms with Crippen LogP contribution in [-0.2, 0) is 4.79 Å². The van der Waals surface area contributed by atoms with Crippen molar-refractivity contribution in [3.63, 3.8) is 0 Å². The van der Waals surface area contributed by atoms with Gasteiger partial charge in [0.1, 0.15) is 0 Å². The van der Waals surface area contributed by atoms with Gasteiger partial charge in [0.15, 0.2) is 5.13 Å². The van der Waals surface area contributed by atoms with E-state index in [2.05, 4.69) is 18.7 Å². The monoisotopic (exact) mass is 495 g/mol. The molecule has 4 nitrogen and oxygen atoms in total. The normalized spacial score (nSPS) is 11.4. The minimum absolute atomic E-state index is 0.0847. The molecule has 0 saturated heterocycles. The number of aromatic nitrogens is 1. The molecule has 166 valence electrons. The molecule has 0 atom stereocenters. The van der Waals surface area contributed by atoms with Crippen LogP contribution in [0.1, 0.15) is 25.8 Å². The summed E-state index contributed by atoms with van der Waals surface area (Å²) in [6, 6.07) is 11.6. The molecule has 3 aromatic rings. The molecule has 0 unspecified atom stereocenters. The molecule has 0 spiro atoms. The Morgan fingerprint density at radius 3 is 2.42 bits per heavy atom. The van der Waals surface area contributed by atoms with E-state index in [9.17, 15) is 4.79 Å². The van der Waals surface area contributed by atoms with Crippen LogP contribution in [0.15, 0.2) is 41.3 Å². The SMILES string of the molecule is CCN(CC)CCN(C(=O)CCSc1ccc(Cl)cc1)c1nc2c(C)ccc(Cl)c2s1. The fraction of sp³-hybridized carbons (Fsp3) is 0.391. The summed E-state index contributed by atoms with van der Waals surface area (Å²) in [4.78, 5) is 23.3. The van der Waals surface area contributed by atoms with E-state index in [1.807, 2.05) is 48.2 Å². The van der Waals surface area contributed by atoms with Crippen molar-refractivity contribution in [1.29, 1.82) is 0 Å². The highest BCUT2D eigenvalue weighted by atomic mass is 35.5. The van der Waals surface area contributed by atoms with E-state index in [1.54, 1.807) is 11.8 Å². The number of rotatable bonds is 10. The zero-order chi connectivity index (χ0) is 22.4. The Labute approximate surface area is 202 Å². The van der Waals surface area contributed by atoms with Gasteiger partial charge in [-0.1, -0.05) is 54.5 Å². The van der Waals surface area contributed by atoms with Crippen molar-refractivity contribution in [3.05, 3.63) is 52.0 Å². The summed E-state index contributed by atoms with van der Waals surface area (Å²) < 4.78 is 0.938. The van der Waals surface area contributed by atoms with Crippen LogP contribution in [0.25, 0.3) is 10.2 Å². The number of halogens is 2. The van der Waals surface area contributed by atoms with Crippen LogP contribution in [-0.4, -0.2) is 47.7 Å². The Kier molecular flexibility index (Phi) is 9.05. The van der Waals surface area contributed by atoms with Gasteiger partial charge >= 0.3 is 0 Å². The van der Waals surface area contributed by atoms with Crippen LogP contribution < -0.4 is 4.90 Å². The lowest BCUT2D eigenvalue weighted by Gasteiger charge is -2.24. The first-order chi connectivity index (χ1) is 14.9. The van der Waals surface area contributed by atoms with Crippen LogP contribution in [0.5, 0.6) is 0 Å². The quantitative estimate of drug-likeness (QED) is 0.290. The molecule has 0 fully saturated rings. The molecular formula is C23H27Cl2N3OS2. The second kappa shape index (κ2) is 11.5. The minimum Gasteiger partial charge on any atom is -0.302 e. The molecule has 0 radical (unpaired) electrons. The number of nitrogens with zero attached hydrogens (tertiary/aromatic N) is 3. The highest BCUT2D eigenvalue weighted by molar-refractivity contribution is 7.99. The van der Waals surface area contributed by atoms with Gasteiger partial charge in [0.2, 0.25) is 5.91 Å². The smallest absolute Gasteiger partial charge is 0.229 e. The van der Waals surface area contributed by atoms with E-state index >= 15 is 0 Å². The number of likely N-dealkylation sites (N-methyl/N-ethyl adjacent to an activating group) is 1. The molecule has 0 aliphatic heterocycles. The average molecular weight is 497 g/mol. The van der Waals surface area contributed by atoms with Crippen molar-refractivity contribution in [1.82, 2.24) is 9.88 Å². The maximum absolute atomic E-state index is 13.2. The van der Waals surface area contributed by atoms with Gasteiger partial charge in [-0.2, -0.15) is 0 Å². The fourth-order valence-electron chi connectivity index (χ4n) is 3.24. The number of thiazole rings is 1. The van der Waals surface area contributed by atoms with Gasteiger partial charge < -0.3 is 4.90 Å². The lowest BCUT2D eigenvalue weighted by Crippen LogP contribution is -2.39. The molecule has 1 heterocycles. The number of hydrogen-bond acceptors (Lipinski definition) is 5. The van der Waals surface area contributed by atoms with Crippen LogP contribution in [0.3, 0.4) is 0 Å². The zero-order valence-corrected chi connectivity index (χ0v) is 21.2. The number of hydrogen-bond donors (Lipinski definition) is 0. The first-order valence-corrected chi connectivity index (χ1v) is 13.0. The first kappa shape index (κ1) is 24.3. The minimum atomic E-state index is 0.0847. The van der Waals surface area contributed by atoms with Crippen molar-refractivity contribution in [2.45, 2.75) is 32.1 Å². The number of benzene rings is 2. The van der Waals surface area contributed by atoms with Crippen molar-refractivity contribution in [2.24, 2.45) is 0 Å². The van der Waals surface area contributed by atoms with Crippen LogP contribution in [0.4, 0.5) is 5.13 Å². The van der Waals surface area contributed by atoms with Crippen molar-refractivity contribution in [3.8, 4) is 0 Å². The Balaban J connectivity index is 1.77. The predicted octanol–water partition coefficient (Wildman–Crippen LogP) is 6.77. The third-order valence-electron chi connectivity index (χ3n) is 5.15. The second-order valence-corrected chi connectivity index (χ2v) is 10.2. The summed E-state index contributed by atoms with van der Waals surface area (Å²) in [5, 5.41) is 2.12. The highest BCUT2D eigenvalue weighted by Crippen LogP contribution is 2.36. The summed E-state index contributed by atoms with van der Waals surface area (Å²) >= 11 is 15.5. The van der Waals surface area contributed by atoms with Gasteiger partial charge in [0, 0.05) is 35.2 Å². The van der Waals surface area contributed by atoms with E-state index in [-0.39, 0.29) is 5.91 Å². The molecule has 0 bridgehead atoms. The van der Waals surface area contributed by atoms with E-state index in [0.717, 1.165) is 45.4 Å². The Hall–Kier alpha value is -1.31. The van der Waals surface area contributed by atoms with Gasteiger partial charge in [0.25, 0.3) is 0 Å². The number of amides is 1. The first-order valence-electron chi connectivity index (χ1n) is 10.4.